The number of carbonyl (C=O) groups excluding carboxylic acids is 1. The summed E-state index contributed by atoms with van der Waals surface area (Å²) in [6, 6.07) is 5.47. The monoisotopic (exact) mass is 214 g/mol. The molecule has 0 unspecified atom stereocenters. The van der Waals surface area contributed by atoms with Gasteiger partial charge in [-0.15, -0.1) is 0 Å². The molecule has 0 atom stereocenters. The highest BCUT2D eigenvalue weighted by molar-refractivity contribution is 6.40. The van der Waals surface area contributed by atoms with Gasteiger partial charge in [0.1, 0.15) is 0 Å². The fourth-order valence-corrected chi connectivity index (χ4v) is 1.20. The Kier molecular flexibility index (Phi) is 3.49. The molecule has 0 heterocycles. The van der Waals surface area contributed by atoms with Crippen molar-refractivity contribution in [1.82, 2.24) is 0 Å². The molecule has 1 aromatic rings. The Morgan fingerprint density at radius 3 is 2.40 bits per heavy atom. The van der Waals surface area contributed by atoms with E-state index in [2.05, 4.69) is 0 Å². The second-order valence-corrected chi connectivity index (χ2v) is 2.89. The predicted octanol–water partition coefficient (Wildman–Crippen LogP) is 1.76. The van der Waals surface area contributed by atoms with Crippen molar-refractivity contribution >= 4 is 11.8 Å². The maximum Gasteiger partial charge on any atom is 0.377 e. The maximum absolute atomic E-state index is 12.1. The van der Waals surface area contributed by atoms with E-state index in [-0.39, 0.29) is 11.1 Å². The first kappa shape index (κ1) is 11.3. The third kappa shape index (κ3) is 2.83. The largest absolute Gasteiger partial charge is 0.475 e. The van der Waals surface area contributed by atoms with Gasteiger partial charge in [0.2, 0.25) is 6.43 Å². The second kappa shape index (κ2) is 4.63. The van der Waals surface area contributed by atoms with Gasteiger partial charge in [0.15, 0.2) is 0 Å². The van der Waals surface area contributed by atoms with Crippen molar-refractivity contribution in [2.75, 3.05) is 0 Å². The molecule has 0 aromatic heterocycles. The summed E-state index contributed by atoms with van der Waals surface area (Å²) in [5.74, 6) is -2.80. The number of carboxylic acids is 1. The average molecular weight is 214 g/mol. The van der Waals surface area contributed by atoms with E-state index < -0.39 is 24.6 Å². The second-order valence-electron chi connectivity index (χ2n) is 2.89. The maximum atomic E-state index is 12.1. The zero-order chi connectivity index (χ0) is 11.4. The summed E-state index contributed by atoms with van der Waals surface area (Å²) in [6.45, 7) is 0. The van der Waals surface area contributed by atoms with Crippen molar-refractivity contribution < 1.29 is 23.5 Å². The molecule has 1 aromatic carbocycles. The van der Waals surface area contributed by atoms with Gasteiger partial charge in [-0.25, -0.2) is 13.6 Å². The van der Waals surface area contributed by atoms with E-state index in [0.29, 0.717) is 0 Å². The first-order valence-corrected chi connectivity index (χ1v) is 4.16. The van der Waals surface area contributed by atoms with Crippen molar-refractivity contribution in [1.29, 1.82) is 0 Å². The van der Waals surface area contributed by atoms with Crippen molar-refractivity contribution in [2.24, 2.45) is 0 Å². The van der Waals surface area contributed by atoms with Crippen LogP contribution in [0.4, 0.5) is 8.78 Å². The minimum Gasteiger partial charge on any atom is -0.475 e. The molecule has 80 valence electrons. The lowest BCUT2D eigenvalue weighted by Gasteiger charge is -2.05. The molecule has 0 saturated carbocycles. The molecule has 0 fully saturated rings. The first-order valence-electron chi connectivity index (χ1n) is 4.16. The summed E-state index contributed by atoms with van der Waals surface area (Å²) in [4.78, 5) is 21.5. The van der Waals surface area contributed by atoms with E-state index in [4.69, 9.17) is 5.11 Å². The molecular formula is C10H8F2O3. The molecule has 0 aliphatic carbocycles. The molecule has 15 heavy (non-hydrogen) atoms. The Hall–Kier alpha value is -1.78. The standard InChI is InChI=1S/C10H8F2O3/c11-8(12)5-6-3-1-2-4-7(6)9(13)10(14)15/h1-4,8H,5H2,(H,14,15). The minimum atomic E-state index is -2.60. The molecule has 0 aliphatic heterocycles. The topological polar surface area (TPSA) is 54.4 Å². The van der Waals surface area contributed by atoms with Crippen LogP contribution in [0.5, 0.6) is 0 Å². The Bertz CT molecular complexity index is 388. The summed E-state index contributed by atoms with van der Waals surface area (Å²) in [5.41, 5.74) is -0.120. The van der Waals surface area contributed by atoms with Crippen molar-refractivity contribution in [3.05, 3.63) is 35.4 Å². The molecule has 0 saturated heterocycles. The summed E-state index contributed by atoms with van der Waals surface area (Å²) < 4.78 is 24.2. The molecular weight excluding hydrogens is 206 g/mol. The highest BCUT2D eigenvalue weighted by Gasteiger charge is 2.19. The van der Waals surface area contributed by atoms with Gasteiger partial charge < -0.3 is 5.11 Å². The van der Waals surface area contributed by atoms with E-state index in [0.717, 1.165) is 0 Å². The highest BCUT2D eigenvalue weighted by Crippen LogP contribution is 2.14. The lowest BCUT2D eigenvalue weighted by molar-refractivity contribution is -0.131. The molecule has 1 rings (SSSR count). The van der Waals surface area contributed by atoms with Gasteiger partial charge in [-0.05, 0) is 5.56 Å². The van der Waals surface area contributed by atoms with Gasteiger partial charge >= 0.3 is 5.97 Å². The van der Waals surface area contributed by atoms with Crippen LogP contribution in [0.15, 0.2) is 24.3 Å². The number of hydrogen-bond acceptors (Lipinski definition) is 2. The molecule has 0 spiro atoms. The van der Waals surface area contributed by atoms with Crippen molar-refractivity contribution in [3.8, 4) is 0 Å². The zero-order valence-electron chi connectivity index (χ0n) is 7.61. The van der Waals surface area contributed by atoms with E-state index in [9.17, 15) is 18.4 Å². The normalized spacial score (nSPS) is 10.3. The van der Waals surface area contributed by atoms with Gasteiger partial charge in [0.05, 0.1) is 0 Å². The van der Waals surface area contributed by atoms with Crippen molar-refractivity contribution in [2.45, 2.75) is 12.8 Å². The smallest absolute Gasteiger partial charge is 0.377 e. The average Bonchev–Trinajstić information content (AvgIpc) is 2.16. The summed E-state index contributed by atoms with van der Waals surface area (Å²) in [5, 5.41) is 8.46. The number of halogens is 2. The molecule has 0 radical (unpaired) electrons. The van der Waals surface area contributed by atoms with Crippen LogP contribution in [0.2, 0.25) is 0 Å². The molecule has 3 nitrogen and oxygen atoms in total. The quantitative estimate of drug-likeness (QED) is 0.613. The summed E-state index contributed by atoms with van der Waals surface area (Å²) >= 11 is 0. The first-order chi connectivity index (χ1) is 7.02. The van der Waals surface area contributed by atoms with Gasteiger partial charge in [-0.1, -0.05) is 24.3 Å². The van der Waals surface area contributed by atoms with Crippen LogP contribution in [0.1, 0.15) is 15.9 Å². The van der Waals surface area contributed by atoms with Gasteiger partial charge in [-0.3, -0.25) is 4.79 Å². The Morgan fingerprint density at radius 1 is 1.27 bits per heavy atom. The number of carbonyl (C=O) groups is 2. The van der Waals surface area contributed by atoms with Crippen LogP contribution in [-0.2, 0) is 11.2 Å². The fourth-order valence-electron chi connectivity index (χ4n) is 1.20. The van der Waals surface area contributed by atoms with Crippen LogP contribution in [0.25, 0.3) is 0 Å². The lowest BCUT2D eigenvalue weighted by atomic mass is 10.0. The van der Waals surface area contributed by atoms with Crippen LogP contribution >= 0.6 is 0 Å². The minimum absolute atomic E-state index is 0.0555. The van der Waals surface area contributed by atoms with Gasteiger partial charge in [0, 0.05) is 12.0 Å². The Labute approximate surface area is 84.3 Å². The number of Topliss-reactive ketones (excluding diaryl/α,β-unsaturated/α-hetero) is 1. The highest BCUT2D eigenvalue weighted by atomic mass is 19.3. The van der Waals surface area contributed by atoms with Gasteiger partial charge in [0.25, 0.3) is 5.78 Å². The van der Waals surface area contributed by atoms with E-state index in [1.807, 2.05) is 0 Å². The van der Waals surface area contributed by atoms with Crippen LogP contribution < -0.4 is 0 Å². The number of alkyl halides is 2. The summed E-state index contributed by atoms with van der Waals surface area (Å²) in [7, 11) is 0. The molecule has 0 bridgehead atoms. The number of rotatable bonds is 4. The zero-order valence-corrected chi connectivity index (χ0v) is 7.61. The predicted molar refractivity (Wildman–Crippen MR) is 48.1 cm³/mol. The molecule has 5 heteroatoms. The van der Waals surface area contributed by atoms with Crippen LogP contribution in [-0.4, -0.2) is 23.3 Å². The van der Waals surface area contributed by atoms with Crippen LogP contribution in [0, 0.1) is 0 Å². The lowest BCUT2D eigenvalue weighted by Crippen LogP contribution is -2.15. The number of hydrogen-bond donors (Lipinski definition) is 1. The SMILES string of the molecule is O=C(O)C(=O)c1ccccc1CC(F)F. The van der Waals surface area contributed by atoms with Crippen molar-refractivity contribution in [3.63, 3.8) is 0 Å². The molecule has 0 amide bonds. The fraction of sp³-hybridized carbons (Fsp3) is 0.200. The molecule has 0 aliphatic rings. The molecule has 1 N–H and O–H groups in total. The number of benzene rings is 1. The third-order valence-electron chi connectivity index (χ3n) is 1.83. The Balaban J connectivity index is 3.06. The van der Waals surface area contributed by atoms with Crippen LogP contribution in [0.3, 0.4) is 0 Å². The number of ketones is 1. The Morgan fingerprint density at radius 2 is 1.87 bits per heavy atom. The van der Waals surface area contributed by atoms with E-state index in [1.54, 1.807) is 0 Å². The number of carboxylic acid groups (broad SMARTS) is 1. The third-order valence-corrected chi connectivity index (χ3v) is 1.83. The number of aliphatic carboxylic acids is 1. The van der Waals surface area contributed by atoms with Gasteiger partial charge in [-0.2, -0.15) is 0 Å². The van der Waals surface area contributed by atoms with E-state index in [1.165, 1.54) is 24.3 Å². The summed E-state index contributed by atoms with van der Waals surface area (Å²) in [6.07, 6.45) is -3.22. The van der Waals surface area contributed by atoms with E-state index >= 15 is 0 Å².